The minimum atomic E-state index is -0.437. The lowest BCUT2D eigenvalue weighted by Gasteiger charge is -2.09. The lowest BCUT2D eigenvalue weighted by atomic mass is 10.1. The third-order valence-corrected chi connectivity index (χ3v) is 6.52. The summed E-state index contributed by atoms with van der Waals surface area (Å²) in [5.41, 5.74) is 3.01. The van der Waals surface area contributed by atoms with Crippen molar-refractivity contribution in [3.05, 3.63) is 93.9 Å². The second-order valence-corrected chi connectivity index (χ2v) is 9.18. The number of aromatic nitrogens is 3. The van der Waals surface area contributed by atoms with Crippen LogP contribution >= 0.6 is 23.2 Å². The van der Waals surface area contributed by atoms with Crippen LogP contribution in [0, 0.1) is 0 Å². The summed E-state index contributed by atoms with van der Waals surface area (Å²) in [5, 5.41) is 21.3. The Labute approximate surface area is 216 Å². The van der Waals surface area contributed by atoms with Crippen molar-refractivity contribution in [2.24, 2.45) is 0 Å². The Balaban J connectivity index is 1.40. The molecule has 2 aromatic carbocycles. The molecule has 4 aromatic rings. The van der Waals surface area contributed by atoms with E-state index in [1.54, 1.807) is 36.4 Å². The van der Waals surface area contributed by atoms with Gasteiger partial charge in [0.1, 0.15) is 10.9 Å². The minimum absolute atomic E-state index is 0.0316. The lowest BCUT2D eigenvalue weighted by molar-refractivity contribution is 0.102. The molecule has 5 rings (SSSR count). The molecule has 36 heavy (non-hydrogen) atoms. The van der Waals surface area contributed by atoms with Gasteiger partial charge in [-0.2, -0.15) is 9.78 Å². The molecule has 182 valence electrons. The molecule has 0 aliphatic heterocycles. The summed E-state index contributed by atoms with van der Waals surface area (Å²) in [7, 11) is 0. The molecule has 2 amide bonds. The second kappa shape index (κ2) is 10.0. The Bertz CT molecular complexity index is 1470. The first kappa shape index (κ1) is 23.8. The average molecular weight is 522 g/mol. The van der Waals surface area contributed by atoms with Crippen LogP contribution in [0.3, 0.4) is 0 Å². The number of carbonyl (C=O) groups excluding carboxylic acids is 2. The smallest absolute Gasteiger partial charge is 0.342 e. The fourth-order valence-electron chi connectivity index (χ4n) is 3.82. The summed E-state index contributed by atoms with van der Waals surface area (Å²) in [6.45, 7) is 0.251. The first-order valence-corrected chi connectivity index (χ1v) is 12.0. The molecule has 0 saturated heterocycles. The Kier molecular flexibility index (Phi) is 6.63. The number of hydrogen-bond acceptors (Lipinski definition) is 5. The van der Waals surface area contributed by atoms with Crippen LogP contribution < -0.4 is 10.6 Å². The second-order valence-electron chi connectivity index (χ2n) is 8.42. The predicted octanol–water partition coefficient (Wildman–Crippen LogP) is 5.85. The zero-order valence-corrected chi connectivity index (χ0v) is 20.4. The van der Waals surface area contributed by atoms with Crippen molar-refractivity contribution in [2.45, 2.75) is 25.3 Å². The largest absolute Gasteiger partial charge is 0.507 e. The summed E-state index contributed by atoms with van der Waals surface area (Å²) >= 11 is 12.2. The molecule has 0 bridgehead atoms. The van der Waals surface area contributed by atoms with Crippen molar-refractivity contribution in [1.82, 2.24) is 20.1 Å². The van der Waals surface area contributed by atoms with E-state index in [1.807, 2.05) is 18.2 Å². The molecule has 0 radical (unpaired) electrons. The van der Waals surface area contributed by atoms with Gasteiger partial charge in [-0.3, -0.25) is 4.79 Å². The number of nitrogens with zero attached hydrogens (tertiary/aromatic N) is 3. The van der Waals surface area contributed by atoms with Crippen molar-refractivity contribution < 1.29 is 14.7 Å². The number of benzene rings is 2. The first-order valence-electron chi connectivity index (χ1n) is 11.3. The van der Waals surface area contributed by atoms with E-state index in [2.05, 4.69) is 20.7 Å². The molecule has 1 aliphatic carbocycles. The van der Waals surface area contributed by atoms with Gasteiger partial charge < -0.3 is 15.7 Å². The quantitative estimate of drug-likeness (QED) is 0.218. The van der Waals surface area contributed by atoms with E-state index < -0.39 is 11.9 Å². The highest BCUT2D eigenvalue weighted by molar-refractivity contribution is 6.33. The number of anilines is 1. The highest BCUT2D eigenvalue weighted by Gasteiger charge is 2.31. The molecule has 2 aromatic heterocycles. The maximum absolute atomic E-state index is 13.0. The molecule has 1 aliphatic rings. The fourth-order valence-corrected chi connectivity index (χ4v) is 4.23. The maximum atomic E-state index is 13.0. The van der Waals surface area contributed by atoms with Crippen molar-refractivity contribution in [3.63, 3.8) is 0 Å². The van der Waals surface area contributed by atoms with Crippen LogP contribution in [-0.4, -0.2) is 31.8 Å². The van der Waals surface area contributed by atoms with Crippen molar-refractivity contribution in [3.8, 4) is 17.0 Å². The van der Waals surface area contributed by atoms with E-state index in [9.17, 15) is 14.7 Å². The zero-order valence-electron chi connectivity index (χ0n) is 18.9. The molecule has 2 heterocycles. The van der Waals surface area contributed by atoms with Crippen LogP contribution in [0.4, 0.5) is 10.5 Å². The van der Waals surface area contributed by atoms with Gasteiger partial charge in [-0.25, -0.2) is 9.78 Å². The Morgan fingerprint density at radius 2 is 1.86 bits per heavy atom. The highest BCUT2D eigenvalue weighted by Crippen LogP contribution is 2.42. The summed E-state index contributed by atoms with van der Waals surface area (Å²) in [6, 6.07) is 16.5. The molecule has 3 N–H and O–H groups in total. The number of aromatic hydroxyl groups is 1. The van der Waals surface area contributed by atoms with Gasteiger partial charge in [0.2, 0.25) is 0 Å². The van der Waals surface area contributed by atoms with Crippen LogP contribution in [0.5, 0.6) is 5.75 Å². The van der Waals surface area contributed by atoms with Crippen LogP contribution in [0.15, 0.2) is 66.9 Å². The number of rotatable bonds is 6. The van der Waals surface area contributed by atoms with E-state index in [-0.39, 0.29) is 28.9 Å². The highest BCUT2D eigenvalue weighted by atomic mass is 35.5. The van der Waals surface area contributed by atoms with Gasteiger partial charge in [0, 0.05) is 34.9 Å². The maximum Gasteiger partial charge on any atom is 0.342 e. The summed E-state index contributed by atoms with van der Waals surface area (Å²) < 4.78 is 1.34. The molecule has 0 spiro atoms. The van der Waals surface area contributed by atoms with Gasteiger partial charge in [0.25, 0.3) is 5.91 Å². The minimum Gasteiger partial charge on any atom is -0.507 e. The number of halogens is 2. The van der Waals surface area contributed by atoms with Gasteiger partial charge in [-0.05, 0) is 60.9 Å². The summed E-state index contributed by atoms with van der Waals surface area (Å²) in [5.74, 6) is -0.251. The molecule has 0 atom stereocenters. The van der Waals surface area contributed by atoms with E-state index in [4.69, 9.17) is 23.2 Å². The summed E-state index contributed by atoms with van der Waals surface area (Å²) in [4.78, 5) is 29.6. The lowest BCUT2D eigenvalue weighted by Crippen LogP contribution is -2.30. The van der Waals surface area contributed by atoms with E-state index in [0.717, 1.165) is 24.1 Å². The summed E-state index contributed by atoms with van der Waals surface area (Å²) in [6.07, 6.45) is 3.41. The zero-order chi connectivity index (χ0) is 25.2. The SMILES string of the molecule is O=C(Nc1ccc(O)c(-c2cc(C3CC3)n(C(=O)NCc3ccccc3Cl)n2)c1)c1cccnc1Cl. The van der Waals surface area contributed by atoms with Gasteiger partial charge >= 0.3 is 6.03 Å². The molecule has 0 unspecified atom stereocenters. The normalized spacial score (nSPS) is 12.8. The van der Waals surface area contributed by atoms with Gasteiger partial charge in [0.05, 0.1) is 17.0 Å². The fraction of sp³-hybridized carbons (Fsp3) is 0.154. The van der Waals surface area contributed by atoms with Crippen molar-refractivity contribution >= 4 is 40.8 Å². The molecule has 1 fully saturated rings. The molecular weight excluding hydrogens is 501 g/mol. The van der Waals surface area contributed by atoms with Crippen LogP contribution in [0.1, 0.15) is 40.4 Å². The van der Waals surface area contributed by atoms with Crippen LogP contribution in [-0.2, 0) is 6.54 Å². The molecule has 8 nitrogen and oxygen atoms in total. The van der Waals surface area contributed by atoms with Gasteiger partial charge in [-0.15, -0.1) is 0 Å². The van der Waals surface area contributed by atoms with Crippen molar-refractivity contribution in [2.75, 3.05) is 5.32 Å². The number of nitrogens with one attached hydrogen (secondary N) is 2. The van der Waals surface area contributed by atoms with Crippen molar-refractivity contribution in [1.29, 1.82) is 0 Å². The predicted molar refractivity (Wildman–Crippen MR) is 138 cm³/mol. The first-order chi connectivity index (χ1) is 17.4. The number of amides is 2. The van der Waals surface area contributed by atoms with Gasteiger partial charge in [0.15, 0.2) is 0 Å². The number of hydrogen-bond donors (Lipinski definition) is 3. The van der Waals surface area contributed by atoms with E-state index >= 15 is 0 Å². The monoisotopic (exact) mass is 521 g/mol. The van der Waals surface area contributed by atoms with Gasteiger partial charge in [-0.1, -0.05) is 41.4 Å². The van der Waals surface area contributed by atoms with Crippen LogP contribution in [0.2, 0.25) is 10.2 Å². The molecule has 1 saturated carbocycles. The third kappa shape index (κ3) is 5.05. The standard InChI is InChI=1S/C26H21Cl2N5O3/c27-20-6-2-1-4-16(20)14-30-26(36)33-22(15-7-8-15)13-21(32-33)19-12-17(9-10-23(19)34)31-25(35)18-5-3-11-29-24(18)28/h1-6,9-13,15,34H,7-8,14H2,(H,30,36)(H,31,35). The third-order valence-electron chi connectivity index (χ3n) is 5.85. The average Bonchev–Trinajstić information content (AvgIpc) is 3.63. The number of carbonyl (C=O) groups is 2. The number of phenols is 1. The van der Waals surface area contributed by atoms with E-state index in [0.29, 0.717) is 22.0 Å². The Hall–Kier alpha value is -3.88. The number of phenolic OH excluding ortho intramolecular Hbond substituents is 1. The van der Waals surface area contributed by atoms with E-state index in [1.165, 1.54) is 16.9 Å². The molecule has 10 heteroatoms. The topological polar surface area (TPSA) is 109 Å². The molecular formula is C26H21Cl2N5O3. The van der Waals surface area contributed by atoms with Crippen LogP contribution in [0.25, 0.3) is 11.3 Å². The Morgan fingerprint density at radius 1 is 1.06 bits per heavy atom. The Morgan fingerprint density at radius 3 is 2.61 bits per heavy atom. The number of pyridine rings is 1.